The third kappa shape index (κ3) is 6.36. The van der Waals surface area contributed by atoms with Crippen molar-refractivity contribution in [2.24, 2.45) is 0 Å². The highest BCUT2D eigenvalue weighted by atomic mass is 16.5. The highest BCUT2D eigenvalue weighted by molar-refractivity contribution is 5.94. The number of hydrogen-bond donors (Lipinski definition) is 1. The average molecular weight is 265 g/mol. The number of rotatable bonds is 8. The Kier molecular flexibility index (Phi) is 7.15. The highest BCUT2D eigenvalue weighted by Gasteiger charge is 2.05. The Morgan fingerprint density at radius 1 is 1.11 bits per heavy atom. The fraction of sp³-hybridized carbons (Fsp3) is 0.533. The lowest BCUT2D eigenvalue weighted by Crippen LogP contribution is -2.25. The van der Waals surface area contributed by atoms with Gasteiger partial charge >= 0.3 is 0 Å². The lowest BCUT2D eigenvalue weighted by molar-refractivity contribution is 0.0688. The smallest absolute Gasteiger partial charge is 0.251 e. The van der Waals surface area contributed by atoms with Crippen molar-refractivity contribution in [1.29, 1.82) is 0 Å². The van der Waals surface area contributed by atoms with Crippen molar-refractivity contribution < 1.29 is 14.3 Å². The number of ether oxygens (including phenoxy) is 2. The van der Waals surface area contributed by atoms with E-state index in [4.69, 9.17) is 9.47 Å². The molecule has 4 heteroatoms. The summed E-state index contributed by atoms with van der Waals surface area (Å²) in [5.74, 6) is -0.0244. The van der Waals surface area contributed by atoms with Crippen LogP contribution in [0, 0.1) is 13.8 Å². The van der Waals surface area contributed by atoms with Crippen LogP contribution in [0.5, 0.6) is 0 Å². The Labute approximate surface area is 115 Å². The van der Waals surface area contributed by atoms with Gasteiger partial charge in [-0.15, -0.1) is 0 Å². The summed E-state index contributed by atoms with van der Waals surface area (Å²) in [6, 6.07) is 5.86. The maximum Gasteiger partial charge on any atom is 0.251 e. The minimum Gasteiger partial charge on any atom is -0.382 e. The molecule has 1 amide bonds. The molecule has 0 heterocycles. The lowest BCUT2D eigenvalue weighted by atomic mass is 10.1. The van der Waals surface area contributed by atoms with Gasteiger partial charge in [-0.3, -0.25) is 4.79 Å². The fourth-order valence-corrected chi connectivity index (χ4v) is 1.83. The van der Waals surface area contributed by atoms with Crippen LogP contribution in [0.4, 0.5) is 0 Å². The Morgan fingerprint density at radius 3 is 2.42 bits per heavy atom. The first-order valence-corrected chi connectivity index (χ1v) is 6.56. The minimum atomic E-state index is -0.0244. The molecule has 1 rings (SSSR count). The maximum absolute atomic E-state index is 11.9. The van der Waals surface area contributed by atoms with E-state index in [1.54, 1.807) is 7.11 Å². The van der Waals surface area contributed by atoms with E-state index in [9.17, 15) is 4.79 Å². The molecule has 0 saturated carbocycles. The average Bonchev–Trinajstić information content (AvgIpc) is 2.36. The Bertz CT molecular complexity index is 384. The fourth-order valence-electron chi connectivity index (χ4n) is 1.83. The molecule has 0 bridgehead atoms. The van der Waals surface area contributed by atoms with E-state index in [1.165, 1.54) is 0 Å². The third-order valence-electron chi connectivity index (χ3n) is 2.67. The second-order valence-electron chi connectivity index (χ2n) is 4.59. The summed E-state index contributed by atoms with van der Waals surface area (Å²) in [5.41, 5.74) is 2.93. The lowest BCUT2D eigenvalue weighted by Gasteiger charge is -2.07. The quantitative estimate of drug-likeness (QED) is 0.732. The molecule has 1 aromatic carbocycles. The zero-order valence-electron chi connectivity index (χ0n) is 12.0. The largest absolute Gasteiger partial charge is 0.382 e. The predicted molar refractivity (Wildman–Crippen MR) is 75.6 cm³/mol. The second kappa shape index (κ2) is 8.67. The molecule has 19 heavy (non-hydrogen) atoms. The highest BCUT2D eigenvalue weighted by Crippen LogP contribution is 2.08. The van der Waals surface area contributed by atoms with Gasteiger partial charge in [-0.1, -0.05) is 17.2 Å². The van der Waals surface area contributed by atoms with Gasteiger partial charge in [0.25, 0.3) is 5.91 Å². The van der Waals surface area contributed by atoms with Gasteiger partial charge in [0.15, 0.2) is 0 Å². The van der Waals surface area contributed by atoms with Crippen LogP contribution in [0.25, 0.3) is 0 Å². The van der Waals surface area contributed by atoms with Crippen LogP contribution in [-0.2, 0) is 9.47 Å². The summed E-state index contributed by atoms with van der Waals surface area (Å²) in [7, 11) is 1.65. The van der Waals surface area contributed by atoms with Gasteiger partial charge in [0.05, 0.1) is 13.2 Å². The predicted octanol–water partition coefficient (Wildman–Crippen LogP) is 2.09. The zero-order valence-corrected chi connectivity index (χ0v) is 12.0. The topological polar surface area (TPSA) is 47.6 Å². The van der Waals surface area contributed by atoms with Crippen LogP contribution in [0.2, 0.25) is 0 Å². The van der Waals surface area contributed by atoms with Crippen molar-refractivity contribution in [2.75, 3.05) is 33.5 Å². The number of nitrogens with one attached hydrogen (secondary N) is 1. The summed E-state index contributed by atoms with van der Waals surface area (Å²) in [6.07, 6.45) is 0.806. The van der Waals surface area contributed by atoms with Crippen LogP contribution >= 0.6 is 0 Å². The van der Waals surface area contributed by atoms with Crippen molar-refractivity contribution in [3.05, 3.63) is 34.9 Å². The molecule has 0 atom stereocenters. The number of amides is 1. The van der Waals surface area contributed by atoms with Gasteiger partial charge in [0, 0.05) is 25.8 Å². The Hall–Kier alpha value is -1.39. The van der Waals surface area contributed by atoms with Crippen molar-refractivity contribution in [3.8, 4) is 0 Å². The number of benzene rings is 1. The summed E-state index contributed by atoms with van der Waals surface area (Å²) in [4.78, 5) is 11.9. The first-order chi connectivity index (χ1) is 9.13. The van der Waals surface area contributed by atoms with Gasteiger partial charge in [-0.05, 0) is 32.4 Å². The number of hydrogen-bond acceptors (Lipinski definition) is 3. The molecule has 4 nitrogen and oxygen atoms in total. The first kappa shape index (κ1) is 15.7. The SMILES string of the molecule is COCCOCCCNC(=O)c1cc(C)cc(C)c1. The molecule has 0 aliphatic heterocycles. The Morgan fingerprint density at radius 2 is 1.79 bits per heavy atom. The molecule has 1 N–H and O–H groups in total. The molecule has 0 fully saturated rings. The first-order valence-electron chi connectivity index (χ1n) is 6.56. The van der Waals surface area contributed by atoms with E-state index in [0.29, 0.717) is 26.4 Å². The van der Waals surface area contributed by atoms with E-state index >= 15 is 0 Å². The zero-order chi connectivity index (χ0) is 14.1. The van der Waals surface area contributed by atoms with Gasteiger partial charge in [-0.2, -0.15) is 0 Å². The van der Waals surface area contributed by atoms with E-state index in [0.717, 1.165) is 23.1 Å². The summed E-state index contributed by atoms with van der Waals surface area (Å²) in [5, 5.41) is 2.89. The number of carbonyl (C=O) groups is 1. The summed E-state index contributed by atoms with van der Waals surface area (Å²) in [6.45, 7) is 6.45. The van der Waals surface area contributed by atoms with Gasteiger partial charge in [0.2, 0.25) is 0 Å². The number of methoxy groups -OCH3 is 1. The third-order valence-corrected chi connectivity index (χ3v) is 2.67. The molecule has 106 valence electrons. The van der Waals surface area contributed by atoms with Gasteiger partial charge < -0.3 is 14.8 Å². The van der Waals surface area contributed by atoms with Crippen LogP contribution < -0.4 is 5.32 Å². The molecular formula is C15H23NO3. The van der Waals surface area contributed by atoms with Crippen LogP contribution in [0.15, 0.2) is 18.2 Å². The van der Waals surface area contributed by atoms with Gasteiger partial charge in [-0.25, -0.2) is 0 Å². The van der Waals surface area contributed by atoms with Crippen LogP contribution in [0.1, 0.15) is 27.9 Å². The monoisotopic (exact) mass is 265 g/mol. The summed E-state index contributed by atoms with van der Waals surface area (Å²) >= 11 is 0. The van der Waals surface area contributed by atoms with E-state index in [1.807, 2.05) is 26.0 Å². The molecule has 0 aliphatic rings. The number of carbonyl (C=O) groups excluding carboxylic acids is 1. The van der Waals surface area contributed by atoms with E-state index < -0.39 is 0 Å². The molecular weight excluding hydrogens is 242 g/mol. The van der Waals surface area contributed by atoms with Crippen LogP contribution in [0.3, 0.4) is 0 Å². The molecule has 1 aromatic rings. The van der Waals surface area contributed by atoms with E-state index in [-0.39, 0.29) is 5.91 Å². The van der Waals surface area contributed by atoms with Gasteiger partial charge in [0.1, 0.15) is 0 Å². The molecule has 0 aliphatic carbocycles. The second-order valence-corrected chi connectivity index (χ2v) is 4.59. The van der Waals surface area contributed by atoms with Crippen molar-refractivity contribution in [3.63, 3.8) is 0 Å². The normalized spacial score (nSPS) is 10.5. The maximum atomic E-state index is 11.9. The standard InChI is InChI=1S/C15H23NO3/c1-12-9-13(2)11-14(10-12)15(17)16-5-4-6-19-8-7-18-3/h9-11H,4-8H2,1-3H3,(H,16,17). The molecule has 0 aromatic heterocycles. The van der Waals surface area contributed by atoms with Crippen LogP contribution in [-0.4, -0.2) is 39.4 Å². The van der Waals surface area contributed by atoms with Crippen molar-refractivity contribution in [2.45, 2.75) is 20.3 Å². The molecule has 0 spiro atoms. The Balaban J connectivity index is 2.24. The van der Waals surface area contributed by atoms with Crippen molar-refractivity contribution in [1.82, 2.24) is 5.32 Å². The number of aryl methyl sites for hydroxylation is 2. The van der Waals surface area contributed by atoms with E-state index in [2.05, 4.69) is 11.4 Å². The molecule has 0 unspecified atom stereocenters. The summed E-state index contributed by atoms with van der Waals surface area (Å²) < 4.78 is 10.2. The molecule has 0 saturated heterocycles. The van der Waals surface area contributed by atoms with Crippen molar-refractivity contribution >= 4 is 5.91 Å². The molecule has 0 radical (unpaired) electrons. The minimum absolute atomic E-state index is 0.0244.